The quantitative estimate of drug-likeness (QED) is 0.716. The van der Waals surface area contributed by atoms with Crippen molar-refractivity contribution in [2.45, 2.75) is 11.1 Å². The van der Waals surface area contributed by atoms with Crippen molar-refractivity contribution < 1.29 is 0 Å². The lowest BCUT2D eigenvalue weighted by Gasteiger charge is -2.06. The van der Waals surface area contributed by atoms with E-state index in [4.69, 9.17) is 5.26 Å². The molecule has 0 amide bonds. The summed E-state index contributed by atoms with van der Waals surface area (Å²) in [6.45, 7) is 2.00. The Morgan fingerprint density at radius 1 is 1.47 bits per heavy atom. The van der Waals surface area contributed by atoms with E-state index in [9.17, 15) is 0 Å². The van der Waals surface area contributed by atoms with Crippen LogP contribution in [-0.2, 0) is 0 Å². The first-order valence-corrected chi connectivity index (χ1v) is 7.31. The lowest BCUT2D eigenvalue weighted by Crippen LogP contribution is -1.89. The van der Waals surface area contributed by atoms with Crippen LogP contribution in [0.3, 0.4) is 0 Å². The number of aromatic amines is 1. The van der Waals surface area contributed by atoms with E-state index < -0.39 is 0 Å². The molecule has 1 aromatic carbocycles. The largest absolute Gasteiger partial charge is 0.359 e. The minimum Gasteiger partial charge on any atom is -0.359 e. The molecule has 2 aromatic heterocycles. The lowest BCUT2D eigenvalue weighted by atomic mass is 10.1. The maximum atomic E-state index is 9.15. The van der Waals surface area contributed by atoms with Gasteiger partial charge >= 0.3 is 0 Å². The van der Waals surface area contributed by atoms with Gasteiger partial charge in [-0.3, -0.25) is 4.98 Å². The van der Waals surface area contributed by atoms with E-state index in [0.29, 0.717) is 5.56 Å². The third-order valence-electron chi connectivity index (χ3n) is 2.82. The van der Waals surface area contributed by atoms with E-state index in [2.05, 4.69) is 20.8 Å². The molecule has 94 valence electrons. The number of benzene rings is 1. The second-order valence-corrected chi connectivity index (χ2v) is 6.01. The number of hydrogen-bond acceptors (Lipinski definition) is 5. The van der Waals surface area contributed by atoms with Crippen LogP contribution in [-0.4, -0.2) is 9.97 Å². The number of aromatic nitrogens is 2. The fourth-order valence-corrected chi connectivity index (χ4v) is 3.24. The normalized spacial score (nSPS) is 10.5. The Labute approximate surface area is 118 Å². The number of hydrogen-bond donors (Lipinski definition) is 2. The van der Waals surface area contributed by atoms with Crippen LogP contribution in [0.4, 0.5) is 5.69 Å². The highest BCUT2D eigenvalue weighted by Crippen LogP contribution is 2.32. The number of nitrogens with one attached hydrogen (secondary N) is 2. The zero-order valence-electron chi connectivity index (χ0n) is 10.1. The van der Waals surface area contributed by atoms with E-state index >= 15 is 0 Å². The summed E-state index contributed by atoms with van der Waals surface area (Å²) in [4.78, 5) is 7.26. The molecule has 0 fully saturated rings. The molecule has 0 unspecified atom stereocenters. The Hall–Kier alpha value is -1.97. The first-order valence-electron chi connectivity index (χ1n) is 5.61. The van der Waals surface area contributed by atoms with Crippen LogP contribution in [0, 0.1) is 18.3 Å². The molecule has 6 heteroatoms. The summed E-state index contributed by atoms with van der Waals surface area (Å²) in [6.07, 6.45) is 3.75. The Balaban J connectivity index is 1.99. The third kappa shape index (κ3) is 2.18. The van der Waals surface area contributed by atoms with Gasteiger partial charge in [0.15, 0.2) is 0 Å². The van der Waals surface area contributed by atoms with Crippen molar-refractivity contribution in [2.24, 2.45) is 0 Å². The molecule has 0 aliphatic carbocycles. The highest BCUT2D eigenvalue weighted by molar-refractivity contribution is 8.02. The van der Waals surface area contributed by atoms with Crippen molar-refractivity contribution in [1.82, 2.24) is 9.97 Å². The zero-order valence-corrected chi connectivity index (χ0v) is 11.7. The number of anilines is 1. The van der Waals surface area contributed by atoms with Gasteiger partial charge in [-0.05, 0) is 36.6 Å². The Morgan fingerprint density at radius 2 is 2.37 bits per heavy atom. The molecule has 0 saturated heterocycles. The van der Waals surface area contributed by atoms with Gasteiger partial charge in [0.05, 0.1) is 34.5 Å². The second kappa shape index (κ2) is 4.96. The lowest BCUT2D eigenvalue weighted by molar-refractivity contribution is 1.38. The van der Waals surface area contributed by atoms with Gasteiger partial charge in [-0.2, -0.15) is 5.26 Å². The maximum absolute atomic E-state index is 9.15. The van der Waals surface area contributed by atoms with E-state index in [1.165, 1.54) is 11.9 Å². The van der Waals surface area contributed by atoms with Gasteiger partial charge in [0.25, 0.3) is 0 Å². The van der Waals surface area contributed by atoms with Crippen molar-refractivity contribution in [3.8, 4) is 6.07 Å². The number of fused-ring (bicyclic) bond motifs is 1. The predicted octanol–water partition coefficient (Wildman–Crippen LogP) is 3.92. The predicted molar refractivity (Wildman–Crippen MR) is 79.3 cm³/mol. The molecular formula is C13H10N4S2. The smallest absolute Gasteiger partial charge is 0.101 e. The summed E-state index contributed by atoms with van der Waals surface area (Å²) in [7, 11) is 0. The van der Waals surface area contributed by atoms with E-state index in [1.54, 1.807) is 16.8 Å². The number of H-pyrrole nitrogens is 1. The van der Waals surface area contributed by atoms with Crippen LogP contribution in [0.2, 0.25) is 0 Å². The van der Waals surface area contributed by atoms with Crippen LogP contribution < -0.4 is 4.72 Å². The highest BCUT2D eigenvalue weighted by atomic mass is 32.2. The van der Waals surface area contributed by atoms with Gasteiger partial charge in [-0.1, -0.05) is 0 Å². The first-order chi connectivity index (χ1) is 9.29. The molecule has 0 spiro atoms. The van der Waals surface area contributed by atoms with Crippen LogP contribution in [0.1, 0.15) is 11.1 Å². The van der Waals surface area contributed by atoms with Crippen molar-refractivity contribution in [1.29, 1.82) is 5.26 Å². The Kier molecular flexibility index (Phi) is 3.15. The highest BCUT2D eigenvalue weighted by Gasteiger charge is 2.10. The van der Waals surface area contributed by atoms with Gasteiger partial charge in [-0.15, -0.1) is 11.3 Å². The minimum absolute atomic E-state index is 0.696. The summed E-state index contributed by atoms with van der Waals surface area (Å²) in [5.74, 6) is 0. The van der Waals surface area contributed by atoms with Crippen LogP contribution in [0.5, 0.6) is 0 Å². The Bertz CT molecular complexity index is 753. The molecule has 3 rings (SSSR count). The summed E-state index contributed by atoms with van der Waals surface area (Å²) in [5, 5.41) is 10.1. The van der Waals surface area contributed by atoms with Crippen LogP contribution in [0.25, 0.3) is 10.9 Å². The van der Waals surface area contributed by atoms with Gasteiger partial charge in [0.1, 0.15) is 4.21 Å². The topological polar surface area (TPSA) is 64.5 Å². The van der Waals surface area contributed by atoms with E-state index in [1.807, 2.05) is 31.5 Å². The molecule has 0 bridgehead atoms. The summed E-state index contributed by atoms with van der Waals surface area (Å²) >= 11 is 3.11. The number of thiazole rings is 1. The summed E-state index contributed by atoms with van der Waals surface area (Å²) in [5.41, 5.74) is 5.52. The Morgan fingerprint density at radius 3 is 3.11 bits per heavy atom. The number of nitriles is 1. The molecule has 0 aliphatic heterocycles. The van der Waals surface area contributed by atoms with Crippen LogP contribution >= 0.6 is 23.3 Å². The minimum atomic E-state index is 0.696. The van der Waals surface area contributed by atoms with Gasteiger partial charge in [0.2, 0.25) is 0 Å². The molecular weight excluding hydrogens is 276 g/mol. The molecule has 0 saturated carbocycles. The average molecular weight is 286 g/mol. The third-order valence-corrected chi connectivity index (χ3v) is 4.56. The van der Waals surface area contributed by atoms with Crippen LogP contribution in [0.15, 0.2) is 34.2 Å². The van der Waals surface area contributed by atoms with Crippen molar-refractivity contribution in [3.63, 3.8) is 0 Å². The van der Waals surface area contributed by atoms with Crippen molar-refractivity contribution in [3.05, 3.63) is 41.2 Å². The summed E-state index contributed by atoms with van der Waals surface area (Å²) in [6, 6.07) is 6.00. The fraction of sp³-hybridized carbons (Fsp3) is 0.0769. The molecule has 2 N–H and O–H groups in total. The molecule has 2 heterocycles. The van der Waals surface area contributed by atoms with Gasteiger partial charge in [-0.25, -0.2) is 0 Å². The fourth-order valence-electron chi connectivity index (χ4n) is 1.95. The van der Waals surface area contributed by atoms with Gasteiger partial charge < -0.3 is 9.71 Å². The number of rotatable bonds is 3. The monoisotopic (exact) mass is 286 g/mol. The molecule has 0 radical (unpaired) electrons. The number of aryl methyl sites for hydroxylation is 1. The standard InChI is InChI=1S/C13H10N4S2/c1-8-5-16-13-10(3-2-9(4-14)12(8)13)17-19-11-6-15-7-18-11/h2-3,5-7,16-17H,1H3. The summed E-state index contributed by atoms with van der Waals surface area (Å²) < 4.78 is 4.40. The molecule has 3 aromatic rings. The maximum Gasteiger partial charge on any atom is 0.101 e. The molecule has 4 nitrogen and oxygen atoms in total. The molecule has 19 heavy (non-hydrogen) atoms. The second-order valence-electron chi connectivity index (χ2n) is 4.02. The van der Waals surface area contributed by atoms with E-state index in [0.717, 1.165) is 26.4 Å². The first kappa shape index (κ1) is 12.1. The van der Waals surface area contributed by atoms with Crippen molar-refractivity contribution in [2.75, 3.05) is 4.72 Å². The SMILES string of the molecule is Cc1c[nH]c2c(NSc3cncs3)ccc(C#N)c12. The zero-order chi connectivity index (χ0) is 13.2. The number of nitrogens with zero attached hydrogens (tertiary/aromatic N) is 2. The van der Waals surface area contributed by atoms with E-state index in [-0.39, 0.29) is 0 Å². The molecule has 0 aliphatic rings. The van der Waals surface area contributed by atoms with Gasteiger partial charge in [0, 0.05) is 11.6 Å². The average Bonchev–Trinajstić information content (AvgIpc) is 3.07. The molecule has 0 atom stereocenters. The van der Waals surface area contributed by atoms with Crippen molar-refractivity contribution >= 4 is 39.9 Å².